The lowest BCUT2D eigenvalue weighted by Gasteiger charge is -2.19. The highest BCUT2D eigenvalue weighted by Gasteiger charge is 2.14. The fraction of sp³-hybridized carbons (Fsp3) is 0.250. The first-order chi connectivity index (χ1) is 21.1. The van der Waals surface area contributed by atoms with E-state index in [1.807, 2.05) is 78.9 Å². The maximum atomic E-state index is 12.2. The van der Waals surface area contributed by atoms with E-state index in [4.69, 9.17) is 14.3 Å². The third-order valence-electron chi connectivity index (χ3n) is 6.79. The third-order valence-corrected chi connectivity index (χ3v) is 6.79. The normalized spacial score (nSPS) is 11.0. The summed E-state index contributed by atoms with van der Waals surface area (Å²) < 4.78 is 11.8. The van der Waals surface area contributed by atoms with E-state index in [2.05, 4.69) is 42.7 Å². The first kappa shape index (κ1) is 29.5. The molecule has 4 N–H and O–H groups in total. The van der Waals surface area contributed by atoms with Crippen molar-refractivity contribution in [3.63, 3.8) is 0 Å². The highest BCUT2D eigenvalue weighted by atomic mass is 16.5. The summed E-state index contributed by atoms with van der Waals surface area (Å²) in [6.07, 6.45) is 2.19. The number of ether oxygens (including phenoxy) is 1. The molecule has 0 fully saturated rings. The number of para-hydroxylation sites is 1. The highest BCUT2D eigenvalue weighted by Crippen LogP contribution is 2.27. The van der Waals surface area contributed by atoms with Crippen molar-refractivity contribution in [1.82, 2.24) is 19.9 Å². The minimum Gasteiger partial charge on any atom is -0.492 e. The number of amides is 2. The van der Waals surface area contributed by atoms with Crippen molar-refractivity contribution in [2.45, 2.75) is 13.3 Å². The van der Waals surface area contributed by atoms with Gasteiger partial charge in [0.2, 0.25) is 5.89 Å². The Bertz CT molecular complexity index is 1590. The molecule has 11 nitrogen and oxygen atoms in total. The number of carbonyl (C=O) groups is 1. The van der Waals surface area contributed by atoms with E-state index >= 15 is 0 Å². The van der Waals surface area contributed by atoms with Gasteiger partial charge in [0.25, 0.3) is 5.71 Å². The van der Waals surface area contributed by atoms with Crippen LogP contribution in [0.25, 0.3) is 22.7 Å². The molecule has 0 saturated carbocycles. The zero-order chi connectivity index (χ0) is 29.9. The van der Waals surface area contributed by atoms with Gasteiger partial charge in [-0.1, -0.05) is 37.3 Å². The van der Waals surface area contributed by atoms with Gasteiger partial charge < -0.3 is 30.2 Å². The molecule has 5 rings (SSSR count). The van der Waals surface area contributed by atoms with Gasteiger partial charge in [-0.05, 0) is 67.1 Å². The number of aromatic nitrogens is 3. The van der Waals surface area contributed by atoms with Crippen molar-refractivity contribution in [2.75, 3.05) is 55.3 Å². The van der Waals surface area contributed by atoms with Gasteiger partial charge in [-0.2, -0.15) is 4.98 Å². The molecule has 0 unspecified atom stereocenters. The quantitative estimate of drug-likeness (QED) is 0.138. The van der Waals surface area contributed by atoms with Crippen molar-refractivity contribution in [1.29, 1.82) is 0 Å². The minimum atomic E-state index is -0.293. The minimum absolute atomic E-state index is 0.138. The van der Waals surface area contributed by atoms with Crippen molar-refractivity contribution in [3.05, 3.63) is 90.8 Å². The van der Waals surface area contributed by atoms with Crippen LogP contribution in [-0.4, -0.2) is 70.4 Å². The molecule has 2 aromatic heterocycles. The standard InChI is InChI=1S/C32H35N7O4/c1-2-39(18-20-40)19-21-42-27-14-10-24(11-15-27)30-38-28-29(34-22-35-31(28)43-30)33-17-16-23-8-12-26(13-9-23)37-32(41)36-25-6-4-3-5-7-25/h3-15,22,40H,2,16-21H2,1H3,(H,33,34,35)(H2,36,37,41). The van der Waals surface area contributed by atoms with Crippen LogP contribution in [0.1, 0.15) is 12.5 Å². The van der Waals surface area contributed by atoms with Crippen LogP contribution in [0.4, 0.5) is 22.0 Å². The number of aliphatic hydroxyl groups excluding tert-OH is 1. The van der Waals surface area contributed by atoms with Crippen molar-refractivity contribution in [2.24, 2.45) is 0 Å². The molecule has 0 atom stereocenters. The Hall–Kier alpha value is -5.00. The fourth-order valence-corrected chi connectivity index (χ4v) is 4.46. The van der Waals surface area contributed by atoms with Gasteiger partial charge in [0, 0.05) is 36.6 Å². The van der Waals surface area contributed by atoms with Gasteiger partial charge in [0.1, 0.15) is 18.7 Å². The molecule has 0 aliphatic rings. The molecule has 0 aliphatic carbocycles. The topological polar surface area (TPSA) is 138 Å². The molecule has 2 heterocycles. The smallest absolute Gasteiger partial charge is 0.323 e. The number of anilines is 3. The largest absolute Gasteiger partial charge is 0.492 e. The number of hydrogen-bond acceptors (Lipinski definition) is 9. The highest BCUT2D eigenvalue weighted by molar-refractivity contribution is 5.99. The second kappa shape index (κ2) is 14.8. The lowest BCUT2D eigenvalue weighted by Crippen LogP contribution is -2.30. The summed E-state index contributed by atoms with van der Waals surface area (Å²) in [4.78, 5) is 27.6. The van der Waals surface area contributed by atoms with E-state index in [0.717, 1.165) is 42.1 Å². The van der Waals surface area contributed by atoms with Crippen LogP contribution in [0.15, 0.2) is 89.6 Å². The van der Waals surface area contributed by atoms with Crippen LogP contribution >= 0.6 is 0 Å². The fourth-order valence-electron chi connectivity index (χ4n) is 4.46. The van der Waals surface area contributed by atoms with Crippen LogP contribution in [0.2, 0.25) is 0 Å². The second-order valence-electron chi connectivity index (χ2n) is 9.74. The molecular weight excluding hydrogens is 546 g/mol. The lowest BCUT2D eigenvalue weighted by molar-refractivity contribution is 0.174. The first-order valence-corrected chi connectivity index (χ1v) is 14.2. The van der Waals surface area contributed by atoms with Crippen molar-refractivity contribution in [3.8, 4) is 17.2 Å². The Kier molecular flexibility index (Phi) is 10.1. The second-order valence-corrected chi connectivity index (χ2v) is 9.74. The van der Waals surface area contributed by atoms with E-state index < -0.39 is 0 Å². The average molecular weight is 582 g/mol. The molecule has 0 spiro atoms. The molecule has 5 aromatic rings. The number of oxazole rings is 1. The predicted octanol–water partition coefficient (Wildman–Crippen LogP) is 5.28. The molecule has 0 radical (unpaired) electrons. The number of carbonyl (C=O) groups excluding carboxylic acids is 1. The van der Waals surface area contributed by atoms with E-state index in [-0.39, 0.29) is 12.6 Å². The zero-order valence-corrected chi connectivity index (χ0v) is 24.0. The van der Waals surface area contributed by atoms with Crippen LogP contribution in [0.5, 0.6) is 5.75 Å². The van der Waals surface area contributed by atoms with Crippen LogP contribution in [-0.2, 0) is 6.42 Å². The van der Waals surface area contributed by atoms with Crippen molar-refractivity contribution >= 4 is 34.5 Å². The number of urea groups is 1. The van der Waals surface area contributed by atoms with Crippen molar-refractivity contribution < 1.29 is 19.1 Å². The molecule has 0 bridgehead atoms. The monoisotopic (exact) mass is 581 g/mol. The molecule has 0 saturated heterocycles. The number of benzene rings is 3. The van der Waals surface area contributed by atoms with E-state index in [1.165, 1.54) is 6.33 Å². The summed E-state index contributed by atoms with van der Waals surface area (Å²) in [6, 6.07) is 24.3. The number of likely N-dealkylation sites (N-methyl/N-ethyl adjacent to an activating group) is 1. The Balaban J connectivity index is 1.13. The SMILES string of the molecule is CCN(CCO)CCOc1ccc(-c2nc3c(NCCc4ccc(NC(=O)Nc5ccccc5)cc4)ncnc3o2)cc1. The van der Waals surface area contributed by atoms with Crippen LogP contribution < -0.4 is 20.7 Å². The number of aliphatic hydroxyl groups is 1. The maximum absolute atomic E-state index is 12.2. The van der Waals surface area contributed by atoms with Gasteiger partial charge in [0.15, 0.2) is 11.3 Å². The summed E-state index contributed by atoms with van der Waals surface area (Å²) in [5.41, 5.74) is 4.31. The number of fused-ring (bicyclic) bond motifs is 1. The predicted molar refractivity (Wildman–Crippen MR) is 167 cm³/mol. The molecule has 222 valence electrons. The number of hydrogen-bond donors (Lipinski definition) is 4. The molecular formula is C32H35N7O4. The third kappa shape index (κ3) is 8.28. The van der Waals surface area contributed by atoms with Gasteiger partial charge in [-0.3, -0.25) is 4.90 Å². The summed E-state index contributed by atoms with van der Waals surface area (Å²) in [5, 5.41) is 18.1. The van der Waals surface area contributed by atoms with E-state index in [1.54, 1.807) is 0 Å². The summed E-state index contributed by atoms with van der Waals surface area (Å²) in [5.74, 6) is 1.80. The van der Waals surface area contributed by atoms with Gasteiger partial charge in [0.05, 0.1) is 6.61 Å². The Morgan fingerprint density at radius 2 is 1.67 bits per heavy atom. The number of nitrogens with one attached hydrogen (secondary N) is 3. The zero-order valence-electron chi connectivity index (χ0n) is 24.0. The molecule has 43 heavy (non-hydrogen) atoms. The summed E-state index contributed by atoms with van der Waals surface area (Å²) in [6.45, 7) is 5.60. The Morgan fingerprint density at radius 1 is 0.930 bits per heavy atom. The van der Waals surface area contributed by atoms with E-state index in [9.17, 15) is 4.79 Å². The average Bonchev–Trinajstić information content (AvgIpc) is 3.48. The first-order valence-electron chi connectivity index (χ1n) is 14.2. The van der Waals surface area contributed by atoms with Crippen LogP contribution in [0, 0.1) is 0 Å². The maximum Gasteiger partial charge on any atom is 0.323 e. The Morgan fingerprint density at radius 3 is 2.40 bits per heavy atom. The number of nitrogens with zero attached hydrogens (tertiary/aromatic N) is 4. The summed E-state index contributed by atoms with van der Waals surface area (Å²) >= 11 is 0. The number of rotatable bonds is 14. The molecule has 0 aliphatic heterocycles. The molecule has 11 heteroatoms. The van der Waals surface area contributed by atoms with Gasteiger partial charge in [-0.15, -0.1) is 0 Å². The van der Waals surface area contributed by atoms with Gasteiger partial charge in [-0.25, -0.2) is 14.8 Å². The molecule has 2 amide bonds. The van der Waals surface area contributed by atoms with Gasteiger partial charge >= 0.3 is 6.03 Å². The Labute approximate surface area is 250 Å². The molecule has 3 aromatic carbocycles. The van der Waals surface area contributed by atoms with E-state index in [0.29, 0.717) is 48.3 Å². The van der Waals surface area contributed by atoms with Crippen LogP contribution in [0.3, 0.4) is 0 Å². The summed E-state index contributed by atoms with van der Waals surface area (Å²) in [7, 11) is 0. The lowest BCUT2D eigenvalue weighted by atomic mass is 10.1.